The molecule has 1 spiro atoms. The minimum atomic E-state index is -0.197. The van der Waals surface area contributed by atoms with Crippen LogP contribution in [-0.4, -0.2) is 19.0 Å². The summed E-state index contributed by atoms with van der Waals surface area (Å²) in [6.07, 6.45) is 10.2. The molecule has 3 heteroatoms. The van der Waals surface area contributed by atoms with Crippen molar-refractivity contribution in [3.63, 3.8) is 0 Å². The number of hydrogen-bond acceptors (Lipinski definition) is 2. The predicted molar refractivity (Wildman–Crippen MR) is 92.7 cm³/mol. The van der Waals surface area contributed by atoms with E-state index in [1.54, 1.807) is 0 Å². The summed E-state index contributed by atoms with van der Waals surface area (Å²) < 4.78 is 11.7. The Kier molecular flexibility index (Phi) is 4.67. The molecule has 0 unspecified atom stereocenters. The van der Waals surface area contributed by atoms with Gasteiger partial charge in [-0.25, -0.2) is 0 Å². The molecule has 2 aliphatic carbocycles. The maximum Gasteiger partial charge on any atom is 0.168 e. The van der Waals surface area contributed by atoms with Crippen molar-refractivity contribution >= 4 is 11.6 Å². The summed E-state index contributed by atoms with van der Waals surface area (Å²) in [5.74, 6) is 2.34. The molecule has 0 amide bonds. The average molecular weight is 335 g/mol. The normalized spacial score (nSPS) is 31.5. The third-order valence-electron chi connectivity index (χ3n) is 6.39. The van der Waals surface area contributed by atoms with Crippen molar-refractivity contribution in [1.29, 1.82) is 0 Å². The highest BCUT2D eigenvalue weighted by Gasteiger charge is 2.42. The van der Waals surface area contributed by atoms with Crippen molar-refractivity contribution in [1.82, 2.24) is 0 Å². The Morgan fingerprint density at radius 2 is 1.35 bits per heavy atom. The van der Waals surface area contributed by atoms with Crippen molar-refractivity contribution in [3.05, 3.63) is 34.9 Å². The first-order valence-corrected chi connectivity index (χ1v) is 9.65. The summed E-state index contributed by atoms with van der Waals surface area (Å²) in [6.45, 7) is 1.58. The number of ether oxygens (including phenoxy) is 2. The van der Waals surface area contributed by atoms with Crippen LogP contribution in [0.2, 0.25) is 5.02 Å². The second-order valence-electron chi connectivity index (χ2n) is 7.61. The van der Waals surface area contributed by atoms with Gasteiger partial charge in [0.25, 0.3) is 0 Å². The molecule has 2 nitrogen and oxygen atoms in total. The zero-order valence-corrected chi connectivity index (χ0v) is 14.6. The minimum absolute atomic E-state index is 0.197. The van der Waals surface area contributed by atoms with Crippen LogP contribution < -0.4 is 0 Å². The predicted octanol–water partition coefficient (Wildman–Crippen LogP) is 5.55. The third kappa shape index (κ3) is 3.45. The lowest BCUT2D eigenvalue weighted by Gasteiger charge is -2.41. The second-order valence-corrected chi connectivity index (χ2v) is 8.04. The van der Waals surface area contributed by atoms with Crippen molar-refractivity contribution in [3.8, 4) is 0 Å². The van der Waals surface area contributed by atoms with Crippen LogP contribution in [-0.2, 0) is 9.47 Å². The van der Waals surface area contributed by atoms with E-state index < -0.39 is 0 Å². The Morgan fingerprint density at radius 1 is 0.783 bits per heavy atom. The van der Waals surface area contributed by atoms with Crippen LogP contribution in [0.15, 0.2) is 24.3 Å². The van der Waals surface area contributed by atoms with E-state index >= 15 is 0 Å². The smallest absolute Gasteiger partial charge is 0.168 e. The molecule has 1 saturated heterocycles. The van der Waals surface area contributed by atoms with Crippen LogP contribution in [0.5, 0.6) is 0 Å². The molecule has 1 heterocycles. The number of benzene rings is 1. The highest BCUT2D eigenvalue weighted by atomic mass is 35.5. The first kappa shape index (κ1) is 15.9. The molecule has 0 N–H and O–H groups in total. The standard InChI is InChI=1S/C20H27ClO2/c21-19-7-5-17(6-8-19)15-1-3-16(4-2-15)18-9-11-20(12-10-18)22-13-14-23-20/h5-8,15-16,18H,1-4,9-14H2. The quantitative estimate of drug-likeness (QED) is 0.706. The maximum atomic E-state index is 6.01. The molecule has 23 heavy (non-hydrogen) atoms. The summed E-state index contributed by atoms with van der Waals surface area (Å²) in [7, 11) is 0. The van der Waals surface area contributed by atoms with Gasteiger partial charge in [-0.05, 0) is 74.0 Å². The summed E-state index contributed by atoms with van der Waals surface area (Å²) in [5.41, 5.74) is 1.48. The zero-order chi connectivity index (χ0) is 15.7. The van der Waals surface area contributed by atoms with E-state index in [2.05, 4.69) is 12.1 Å². The molecule has 0 bridgehead atoms. The summed E-state index contributed by atoms with van der Waals surface area (Å²) in [6, 6.07) is 8.50. The SMILES string of the molecule is Clc1ccc(C2CCC(C3CCC4(CC3)OCCO4)CC2)cc1. The maximum absolute atomic E-state index is 6.01. The Bertz CT molecular complexity index is 503. The van der Waals surface area contributed by atoms with Crippen LogP contribution in [0, 0.1) is 11.8 Å². The molecule has 126 valence electrons. The lowest BCUT2D eigenvalue weighted by molar-refractivity contribution is -0.185. The summed E-state index contributed by atoms with van der Waals surface area (Å²) in [4.78, 5) is 0. The number of halogens is 1. The summed E-state index contributed by atoms with van der Waals surface area (Å²) >= 11 is 6.01. The molecule has 1 aliphatic heterocycles. The van der Waals surface area contributed by atoms with Gasteiger partial charge in [-0.3, -0.25) is 0 Å². The van der Waals surface area contributed by atoms with Gasteiger partial charge in [0.15, 0.2) is 5.79 Å². The molecule has 0 radical (unpaired) electrons. The van der Waals surface area contributed by atoms with Crippen molar-refractivity contribution in [2.75, 3.05) is 13.2 Å². The van der Waals surface area contributed by atoms with Gasteiger partial charge in [-0.2, -0.15) is 0 Å². The molecular weight excluding hydrogens is 308 g/mol. The Hall–Kier alpha value is -0.570. The van der Waals surface area contributed by atoms with E-state index in [1.165, 1.54) is 44.1 Å². The molecular formula is C20H27ClO2. The molecule has 0 atom stereocenters. The van der Waals surface area contributed by atoms with Gasteiger partial charge in [-0.1, -0.05) is 23.7 Å². The van der Waals surface area contributed by atoms with Crippen molar-refractivity contribution in [2.45, 2.75) is 63.1 Å². The Labute approximate surface area is 144 Å². The van der Waals surface area contributed by atoms with E-state index in [4.69, 9.17) is 21.1 Å². The van der Waals surface area contributed by atoms with E-state index in [0.717, 1.165) is 48.8 Å². The lowest BCUT2D eigenvalue weighted by atomic mass is 9.69. The first-order valence-electron chi connectivity index (χ1n) is 9.27. The van der Waals surface area contributed by atoms with Gasteiger partial charge in [0.2, 0.25) is 0 Å². The molecule has 3 fully saturated rings. The van der Waals surface area contributed by atoms with Gasteiger partial charge >= 0.3 is 0 Å². The molecule has 1 aromatic rings. The van der Waals surface area contributed by atoms with Crippen molar-refractivity contribution < 1.29 is 9.47 Å². The summed E-state index contributed by atoms with van der Waals surface area (Å²) in [5, 5.41) is 0.843. The molecule has 4 rings (SSSR count). The molecule has 0 aromatic heterocycles. The van der Waals surface area contributed by atoms with Crippen LogP contribution in [0.1, 0.15) is 62.8 Å². The van der Waals surface area contributed by atoms with E-state index in [0.29, 0.717) is 0 Å². The van der Waals surface area contributed by atoms with Gasteiger partial charge < -0.3 is 9.47 Å². The van der Waals surface area contributed by atoms with Crippen LogP contribution >= 0.6 is 11.6 Å². The molecule has 2 saturated carbocycles. The Morgan fingerprint density at radius 3 is 1.96 bits per heavy atom. The van der Waals surface area contributed by atoms with Crippen molar-refractivity contribution in [2.24, 2.45) is 11.8 Å². The number of hydrogen-bond donors (Lipinski definition) is 0. The highest BCUT2D eigenvalue weighted by Crippen LogP contribution is 2.46. The van der Waals surface area contributed by atoms with E-state index in [9.17, 15) is 0 Å². The van der Waals surface area contributed by atoms with E-state index in [-0.39, 0.29) is 5.79 Å². The fourth-order valence-corrected chi connectivity index (χ4v) is 5.12. The molecule has 1 aromatic carbocycles. The lowest BCUT2D eigenvalue weighted by Crippen LogP contribution is -2.37. The topological polar surface area (TPSA) is 18.5 Å². The van der Waals surface area contributed by atoms with Gasteiger partial charge in [0.1, 0.15) is 0 Å². The average Bonchev–Trinajstić information content (AvgIpc) is 3.05. The van der Waals surface area contributed by atoms with Crippen LogP contribution in [0.3, 0.4) is 0 Å². The van der Waals surface area contributed by atoms with Crippen LogP contribution in [0.4, 0.5) is 0 Å². The third-order valence-corrected chi connectivity index (χ3v) is 6.64. The largest absolute Gasteiger partial charge is 0.348 e. The van der Waals surface area contributed by atoms with Gasteiger partial charge in [-0.15, -0.1) is 0 Å². The highest BCUT2D eigenvalue weighted by molar-refractivity contribution is 6.30. The Balaban J connectivity index is 1.29. The van der Waals surface area contributed by atoms with Crippen LogP contribution in [0.25, 0.3) is 0 Å². The molecule has 3 aliphatic rings. The number of rotatable bonds is 2. The van der Waals surface area contributed by atoms with Gasteiger partial charge in [0.05, 0.1) is 13.2 Å². The fraction of sp³-hybridized carbons (Fsp3) is 0.700. The van der Waals surface area contributed by atoms with Gasteiger partial charge in [0, 0.05) is 17.9 Å². The minimum Gasteiger partial charge on any atom is -0.348 e. The van der Waals surface area contributed by atoms with E-state index in [1.807, 2.05) is 12.1 Å². The first-order chi connectivity index (χ1) is 11.2. The second kappa shape index (κ2) is 6.74. The zero-order valence-electron chi connectivity index (χ0n) is 13.8. The fourth-order valence-electron chi connectivity index (χ4n) is 5.00. The monoisotopic (exact) mass is 334 g/mol.